The molecule has 3 aromatic carbocycles. The Morgan fingerprint density at radius 2 is 1.88 bits per heavy atom. The van der Waals surface area contributed by atoms with Crippen LogP contribution in [0, 0.1) is 5.82 Å². The van der Waals surface area contributed by atoms with Crippen LogP contribution in [0.15, 0.2) is 76.6 Å². The maximum atomic E-state index is 14.1. The Labute approximate surface area is 254 Å². The number of ether oxygens (including phenoxy) is 3. The molecule has 2 aliphatic rings. The predicted octanol–water partition coefficient (Wildman–Crippen LogP) is 6.16. The average Bonchev–Trinajstić information content (AvgIpc) is 3.60. The van der Waals surface area contributed by atoms with Crippen LogP contribution in [0.1, 0.15) is 36.1 Å². The Morgan fingerprint density at radius 1 is 1.07 bits per heavy atom. The van der Waals surface area contributed by atoms with Crippen molar-refractivity contribution in [1.29, 1.82) is 0 Å². The number of benzene rings is 3. The van der Waals surface area contributed by atoms with E-state index in [2.05, 4.69) is 10.2 Å². The van der Waals surface area contributed by atoms with Gasteiger partial charge in [0.2, 0.25) is 5.13 Å². The third-order valence-electron chi connectivity index (χ3n) is 6.82. The summed E-state index contributed by atoms with van der Waals surface area (Å²) in [5.41, 5.74) is 1.24. The van der Waals surface area contributed by atoms with Crippen LogP contribution in [0.5, 0.6) is 17.2 Å². The molecule has 1 saturated heterocycles. The van der Waals surface area contributed by atoms with Crippen molar-refractivity contribution in [3.05, 3.63) is 94.8 Å². The van der Waals surface area contributed by atoms with Gasteiger partial charge in [0.1, 0.15) is 30.5 Å². The molecule has 0 spiro atoms. The Kier molecular flexibility index (Phi) is 8.30. The lowest BCUT2D eigenvalue weighted by Gasteiger charge is -2.23. The lowest BCUT2D eigenvalue weighted by atomic mass is 9.95. The smallest absolute Gasteiger partial charge is 0.301 e. The van der Waals surface area contributed by atoms with Crippen molar-refractivity contribution in [2.75, 3.05) is 24.7 Å². The second kappa shape index (κ2) is 12.4. The third kappa shape index (κ3) is 5.80. The van der Waals surface area contributed by atoms with Gasteiger partial charge in [-0.05, 0) is 53.9 Å². The number of hydrogen-bond acceptors (Lipinski definition) is 10. The van der Waals surface area contributed by atoms with Crippen LogP contribution in [-0.4, -0.2) is 46.8 Å². The first-order valence-corrected chi connectivity index (χ1v) is 15.4. The van der Waals surface area contributed by atoms with Gasteiger partial charge in [-0.2, -0.15) is 0 Å². The summed E-state index contributed by atoms with van der Waals surface area (Å²) in [6.45, 7) is 3.23. The van der Waals surface area contributed by atoms with Crippen molar-refractivity contribution < 1.29 is 33.3 Å². The fraction of sp³-hybridized carbons (Fsp3) is 0.226. The van der Waals surface area contributed by atoms with Crippen molar-refractivity contribution in [3.63, 3.8) is 0 Å². The van der Waals surface area contributed by atoms with Gasteiger partial charge in [0.15, 0.2) is 15.8 Å². The maximum Gasteiger partial charge on any atom is 0.301 e. The number of aliphatic hydroxyl groups is 1. The van der Waals surface area contributed by atoms with Gasteiger partial charge in [0.05, 0.1) is 18.2 Å². The topological polar surface area (TPSA) is 111 Å². The molecule has 43 heavy (non-hydrogen) atoms. The van der Waals surface area contributed by atoms with Crippen molar-refractivity contribution in [2.45, 2.75) is 29.5 Å². The fourth-order valence-electron chi connectivity index (χ4n) is 4.80. The summed E-state index contributed by atoms with van der Waals surface area (Å²) >= 11 is 2.37. The van der Waals surface area contributed by atoms with E-state index in [-0.39, 0.29) is 22.3 Å². The Morgan fingerprint density at radius 3 is 2.70 bits per heavy atom. The highest BCUT2D eigenvalue weighted by Crippen LogP contribution is 2.45. The molecule has 0 radical (unpaired) electrons. The molecule has 1 fully saturated rings. The zero-order valence-electron chi connectivity index (χ0n) is 23.0. The van der Waals surface area contributed by atoms with E-state index in [1.165, 1.54) is 22.7 Å². The number of halogens is 1. The highest BCUT2D eigenvalue weighted by atomic mass is 32.2. The summed E-state index contributed by atoms with van der Waals surface area (Å²) in [5.74, 6) is -0.589. The van der Waals surface area contributed by atoms with E-state index in [1.807, 2.05) is 6.92 Å². The summed E-state index contributed by atoms with van der Waals surface area (Å²) < 4.78 is 31.7. The van der Waals surface area contributed by atoms with Gasteiger partial charge in [0, 0.05) is 11.3 Å². The average molecular weight is 620 g/mol. The minimum absolute atomic E-state index is 0.106. The molecule has 4 aromatic rings. The number of amides is 1. The van der Waals surface area contributed by atoms with Crippen LogP contribution in [-0.2, 0) is 15.3 Å². The van der Waals surface area contributed by atoms with Crippen LogP contribution in [0.2, 0.25) is 0 Å². The van der Waals surface area contributed by atoms with Gasteiger partial charge in [0.25, 0.3) is 5.78 Å². The molecule has 0 aliphatic carbocycles. The number of aromatic nitrogens is 2. The largest absolute Gasteiger partial charge is 0.507 e. The number of fused-ring (bicyclic) bond motifs is 1. The molecule has 6 rings (SSSR count). The quantitative estimate of drug-likeness (QED) is 0.0775. The van der Waals surface area contributed by atoms with Crippen molar-refractivity contribution in [1.82, 2.24) is 10.2 Å². The molecule has 1 amide bonds. The summed E-state index contributed by atoms with van der Waals surface area (Å²) in [4.78, 5) is 28.4. The standard InChI is InChI=1S/C31H26FN3O6S2/c1-2-12-39-21-8-5-7-18(15-21)26-25(27(36)19-10-11-23-24(16-19)41-14-13-40-23)28(37)29(38)35(26)30-33-34-31(43-30)42-17-20-6-3-4-9-22(20)32/h3-11,15-16,26,36H,2,12-14,17H2,1H3/b27-25+/t26-/m0/s1. The number of anilines is 1. The number of carbonyl (C=O) groups is 2. The summed E-state index contributed by atoms with van der Waals surface area (Å²) in [7, 11) is 0. The Hall–Kier alpha value is -4.42. The van der Waals surface area contributed by atoms with E-state index in [0.717, 1.165) is 17.8 Å². The van der Waals surface area contributed by atoms with E-state index < -0.39 is 17.7 Å². The van der Waals surface area contributed by atoms with E-state index in [1.54, 1.807) is 60.7 Å². The minimum atomic E-state index is -1.02. The lowest BCUT2D eigenvalue weighted by Crippen LogP contribution is -2.29. The van der Waals surface area contributed by atoms with Gasteiger partial charge in [-0.25, -0.2) is 4.39 Å². The summed E-state index contributed by atoms with van der Waals surface area (Å²) in [6.07, 6.45) is 0.797. The van der Waals surface area contributed by atoms with E-state index >= 15 is 0 Å². The maximum absolute atomic E-state index is 14.1. The van der Waals surface area contributed by atoms with Crippen LogP contribution >= 0.6 is 23.1 Å². The fourth-order valence-corrected chi connectivity index (χ4v) is 6.65. The molecule has 1 aromatic heterocycles. The number of rotatable bonds is 9. The zero-order chi connectivity index (χ0) is 29.9. The Balaban J connectivity index is 1.40. The molecule has 1 atom stereocenters. The summed E-state index contributed by atoms with van der Waals surface area (Å²) in [6, 6.07) is 17.3. The molecule has 220 valence electrons. The molecule has 2 aliphatic heterocycles. The van der Waals surface area contributed by atoms with Gasteiger partial charge in [-0.3, -0.25) is 14.5 Å². The number of hydrogen-bond donors (Lipinski definition) is 1. The third-order valence-corrected chi connectivity index (χ3v) is 8.92. The summed E-state index contributed by atoms with van der Waals surface area (Å²) in [5, 5.41) is 20.1. The number of nitrogens with zero attached hydrogens (tertiary/aromatic N) is 3. The molecule has 0 unspecified atom stereocenters. The van der Waals surface area contributed by atoms with Crippen LogP contribution < -0.4 is 19.1 Å². The van der Waals surface area contributed by atoms with Gasteiger partial charge >= 0.3 is 5.91 Å². The van der Waals surface area contributed by atoms with Crippen LogP contribution in [0.3, 0.4) is 0 Å². The lowest BCUT2D eigenvalue weighted by molar-refractivity contribution is -0.132. The molecule has 12 heteroatoms. The molecular weight excluding hydrogens is 593 g/mol. The van der Waals surface area contributed by atoms with Gasteiger partial charge in [-0.15, -0.1) is 10.2 Å². The zero-order valence-corrected chi connectivity index (χ0v) is 24.6. The number of carbonyl (C=O) groups excluding carboxylic acids is 2. The molecule has 0 bridgehead atoms. The molecule has 3 heterocycles. The second-order valence-electron chi connectivity index (χ2n) is 9.68. The van der Waals surface area contributed by atoms with E-state index in [4.69, 9.17) is 14.2 Å². The SMILES string of the molecule is CCCOc1cccc([C@H]2/C(=C(\O)c3ccc4c(c3)OCCO4)C(=O)C(=O)N2c2nnc(SCc3ccccc3F)s2)c1. The second-order valence-corrected chi connectivity index (χ2v) is 11.9. The van der Waals surface area contributed by atoms with Gasteiger partial charge in [-0.1, -0.05) is 60.4 Å². The Bertz CT molecular complexity index is 1730. The highest BCUT2D eigenvalue weighted by Gasteiger charge is 2.48. The molecule has 9 nitrogen and oxygen atoms in total. The highest BCUT2D eigenvalue weighted by molar-refractivity contribution is 8.00. The van der Waals surface area contributed by atoms with Gasteiger partial charge < -0.3 is 19.3 Å². The van der Waals surface area contributed by atoms with Crippen molar-refractivity contribution >= 4 is 45.7 Å². The van der Waals surface area contributed by atoms with Crippen LogP contribution in [0.4, 0.5) is 9.52 Å². The number of ketones is 1. The van der Waals surface area contributed by atoms with Crippen molar-refractivity contribution in [3.8, 4) is 17.2 Å². The first kappa shape index (κ1) is 28.7. The number of Topliss-reactive ketones (excluding diaryl/α,β-unsaturated/α-hetero) is 1. The monoisotopic (exact) mass is 619 g/mol. The minimum Gasteiger partial charge on any atom is -0.507 e. The van der Waals surface area contributed by atoms with E-state index in [0.29, 0.717) is 63.9 Å². The molecular formula is C31H26FN3O6S2. The number of thioether (sulfide) groups is 1. The van der Waals surface area contributed by atoms with Crippen LogP contribution in [0.25, 0.3) is 5.76 Å². The number of aliphatic hydroxyl groups excluding tert-OH is 1. The first-order valence-electron chi connectivity index (χ1n) is 13.6. The predicted molar refractivity (Wildman–Crippen MR) is 160 cm³/mol. The van der Waals surface area contributed by atoms with E-state index in [9.17, 15) is 19.1 Å². The van der Waals surface area contributed by atoms with Crippen molar-refractivity contribution in [2.24, 2.45) is 0 Å². The first-order chi connectivity index (χ1) is 20.9. The normalized spacial score (nSPS) is 17.3. The molecule has 1 N–H and O–H groups in total. The molecule has 0 saturated carbocycles.